The van der Waals surface area contributed by atoms with E-state index in [9.17, 15) is 18.0 Å². The van der Waals surface area contributed by atoms with E-state index in [0.717, 1.165) is 51.9 Å². The molecule has 0 radical (unpaired) electrons. The molecule has 1 aliphatic carbocycles. The molecule has 2 aliphatic heterocycles. The molecule has 8 heteroatoms. The lowest BCUT2D eigenvalue weighted by Crippen LogP contribution is -2.53. The average Bonchev–Trinajstić information content (AvgIpc) is 3.14. The number of ether oxygens (including phenoxy) is 1. The van der Waals surface area contributed by atoms with Gasteiger partial charge in [-0.25, -0.2) is 0 Å². The second-order valence-corrected chi connectivity index (χ2v) is 9.52. The normalized spacial score (nSPS) is 25.7. The third-order valence-electron chi connectivity index (χ3n) is 6.42. The van der Waals surface area contributed by atoms with Crippen molar-refractivity contribution in [1.29, 1.82) is 0 Å². The Morgan fingerprint density at radius 2 is 1.97 bits per heavy atom. The SMILES string of the molecule is CC.CCc1cc2c(s1)CCOC21CCN(CC2CC(NC(=O)C(F)(F)F)C2)CC1. The highest BCUT2D eigenvalue weighted by atomic mass is 32.1. The van der Waals surface area contributed by atoms with Crippen LogP contribution in [0.3, 0.4) is 0 Å². The molecule has 4 nitrogen and oxygen atoms in total. The van der Waals surface area contributed by atoms with Gasteiger partial charge in [-0.2, -0.15) is 13.2 Å². The minimum Gasteiger partial charge on any atom is -0.370 e. The Hall–Kier alpha value is -1.12. The topological polar surface area (TPSA) is 41.6 Å². The highest BCUT2D eigenvalue weighted by molar-refractivity contribution is 7.12. The minimum absolute atomic E-state index is 0.142. The number of piperidine rings is 1. The number of thiophene rings is 1. The molecule has 3 heterocycles. The van der Waals surface area contributed by atoms with E-state index in [1.807, 2.05) is 25.2 Å². The largest absolute Gasteiger partial charge is 0.471 e. The molecular formula is C22H33F3N2O2S. The third-order valence-corrected chi connectivity index (χ3v) is 7.75. The van der Waals surface area contributed by atoms with Gasteiger partial charge in [0.1, 0.15) is 0 Å². The smallest absolute Gasteiger partial charge is 0.370 e. The molecule has 1 saturated carbocycles. The van der Waals surface area contributed by atoms with Gasteiger partial charge in [0.25, 0.3) is 0 Å². The van der Waals surface area contributed by atoms with E-state index >= 15 is 0 Å². The van der Waals surface area contributed by atoms with Crippen LogP contribution in [0, 0.1) is 5.92 Å². The number of amides is 1. The van der Waals surface area contributed by atoms with Crippen molar-refractivity contribution in [2.75, 3.05) is 26.2 Å². The van der Waals surface area contributed by atoms with Crippen molar-refractivity contribution in [3.05, 3.63) is 21.4 Å². The van der Waals surface area contributed by atoms with Crippen LogP contribution in [-0.4, -0.2) is 49.3 Å². The van der Waals surface area contributed by atoms with Crippen LogP contribution in [0.4, 0.5) is 13.2 Å². The lowest BCUT2D eigenvalue weighted by atomic mass is 9.78. The molecular weight excluding hydrogens is 413 g/mol. The van der Waals surface area contributed by atoms with E-state index in [2.05, 4.69) is 23.2 Å². The fourth-order valence-corrected chi connectivity index (χ4v) is 5.97. The van der Waals surface area contributed by atoms with Gasteiger partial charge in [0.15, 0.2) is 0 Å². The zero-order valence-corrected chi connectivity index (χ0v) is 18.9. The summed E-state index contributed by atoms with van der Waals surface area (Å²) in [4.78, 5) is 16.3. The lowest BCUT2D eigenvalue weighted by molar-refractivity contribution is -0.175. The summed E-state index contributed by atoms with van der Waals surface area (Å²) in [6.07, 6.45) is 0.501. The zero-order chi connectivity index (χ0) is 21.9. The number of alkyl halides is 3. The molecule has 1 amide bonds. The van der Waals surface area contributed by atoms with Crippen LogP contribution in [0.15, 0.2) is 6.07 Å². The van der Waals surface area contributed by atoms with Crippen molar-refractivity contribution < 1.29 is 22.7 Å². The molecule has 1 N–H and O–H groups in total. The Morgan fingerprint density at radius 1 is 1.30 bits per heavy atom. The van der Waals surface area contributed by atoms with Crippen molar-refractivity contribution >= 4 is 17.2 Å². The predicted octanol–water partition coefficient (Wildman–Crippen LogP) is 4.66. The lowest BCUT2D eigenvalue weighted by Gasteiger charge is -2.46. The second-order valence-electron chi connectivity index (χ2n) is 8.30. The van der Waals surface area contributed by atoms with E-state index < -0.39 is 12.1 Å². The molecule has 0 unspecified atom stereocenters. The van der Waals surface area contributed by atoms with E-state index in [-0.39, 0.29) is 11.6 Å². The number of aryl methyl sites for hydroxylation is 1. The number of hydrogen-bond donors (Lipinski definition) is 1. The first-order valence-electron chi connectivity index (χ1n) is 11.1. The highest BCUT2D eigenvalue weighted by Crippen LogP contribution is 2.45. The molecule has 1 aromatic rings. The number of carbonyl (C=O) groups excluding carboxylic acids is 1. The number of rotatable bonds is 4. The average molecular weight is 447 g/mol. The third kappa shape index (κ3) is 5.02. The number of hydrogen-bond acceptors (Lipinski definition) is 4. The fourth-order valence-electron chi connectivity index (χ4n) is 4.79. The van der Waals surface area contributed by atoms with Gasteiger partial charge in [-0.15, -0.1) is 11.3 Å². The number of halogens is 3. The Labute approximate surface area is 181 Å². The number of fused-ring (bicyclic) bond motifs is 2. The monoisotopic (exact) mass is 446 g/mol. The Balaban J connectivity index is 0.00000124. The van der Waals surface area contributed by atoms with Crippen molar-refractivity contribution in [2.45, 2.75) is 77.1 Å². The van der Waals surface area contributed by atoms with Crippen molar-refractivity contribution in [3.8, 4) is 0 Å². The standard InChI is InChI=1S/C20H27F3N2O2S.C2H6/c1-2-15-11-16-17(28-15)3-8-27-19(16)4-6-25(7-5-19)12-13-9-14(10-13)24-18(26)20(21,22)23;1-2/h11,13-14H,2-10,12H2,1H3,(H,24,26);1-2H3. The second kappa shape index (κ2) is 9.57. The molecule has 1 aromatic heterocycles. The highest BCUT2D eigenvalue weighted by Gasteiger charge is 2.44. The first kappa shape index (κ1) is 23.5. The molecule has 1 spiro atoms. The number of likely N-dealkylation sites (tertiary alicyclic amines) is 1. The summed E-state index contributed by atoms with van der Waals surface area (Å²) < 4.78 is 43.2. The Bertz CT molecular complexity index is 720. The van der Waals surface area contributed by atoms with Crippen LogP contribution in [-0.2, 0) is 28.0 Å². The van der Waals surface area contributed by atoms with Gasteiger partial charge in [-0.1, -0.05) is 20.8 Å². The van der Waals surface area contributed by atoms with Crippen molar-refractivity contribution in [2.24, 2.45) is 5.92 Å². The van der Waals surface area contributed by atoms with Crippen LogP contribution in [0.1, 0.15) is 61.8 Å². The van der Waals surface area contributed by atoms with Crippen LogP contribution in [0.5, 0.6) is 0 Å². The quantitative estimate of drug-likeness (QED) is 0.732. The van der Waals surface area contributed by atoms with Crippen LogP contribution in [0.25, 0.3) is 0 Å². The molecule has 170 valence electrons. The summed E-state index contributed by atoms with van der Waals surface area (Å²) in [5.41, 5.74) is 1.26. The molecule has 4 rings (SSSR count). The number of nitrogens with zero attached hydrogens (tertiary/aromatic N) is 1. The van der Waals surface area contributed by atoms with Gasteiger partial charge in [0.2, 0.25) is 0 Å². The molecule has 30 heavy (non-hydrogen) atoms. The first-order chi connectivity index (χ1) is 14.3. The molecule has 0 bridgehead atoms. The van der Waals surface area contributed by atoms with Crippen LogP contribution < -0.4 is 5.32 Å². The number of carbonyl (C=O) groups is 1. The van der Waals surface area contributed by atoms with Crippen LogP contribution in [0.2, 0.25) is 0 Å². The molecule has 3 aliphatic rings. The fraction of sp³-hybridized carbons (Fsp3) is 0.773. The van der Waals surface area contributed by atoms with E-state index in [4.69, 9.17) is 4.74 Å². The van der Waals surface area contributed by atoms with Crippen molar-refractivity contribution in [3.63, 3.8) is 0 Å². The van der Waals surface area contributed by atoms with Gasteiger partial charge in [-0.05, 0) is 49.7 Å². The van der Waals surface area contributed by atoms with E-state index in [1.165, 1.54) is 15.3 Å². The Kier molecular flexibility index (Phi) is 7.51. The summed E-state index contributed by atoms with van der Waals surface area (Å²) in [7, 11) is 0. The summed E-state index contributed by atoms with van der Waals surface area (Å²) >= 11 is 1.93. The maximum atomic E-state index is 12.3. The van der Waals surface area contributed by atoms with Crippen LogP contribution >= 0.6 is 11.3 Å². The number of nitrogens with one attached hydrogen (secondary N) is 1. The van der Waals surface area contributed by atoms with Crippen molar-refractivity contribution in [1.82, 2.24) is 10.2 Å². The van der Waals surface area contributed by atoms with Gasteiger partial charge in [0, 0.05) is 41.9 Å². The molecule has 0 aromatic carbocycles. The van der Waals surface area contributed by atoms with Gasteiger partial charge in [-0.3, -0.25) is 4.79 Å². The maximum absolute atomic E-state index is 12.3. The minimum atomic E-state index is -4.79. The maximum Gasteiger partial charge on any atom is 0.471 e. The van der Waals surface area contributed by atoms with Gasteiger partial charge in [0.05, 0.1) is 12.2 Å². The summed E-state index contributed by atoms with van der Waals surface area (Å²) in [5, 5.41) is 2.09. The Morgan fingerprint density at radius 3 is 2.57 bits per heavy atom. The predicted molar refractivity (Wildman–Crippen MR) is 113 cm³/mol. The summed E-state index contributed by atoms with van der Waals surface area (Å²) in [6.45, 7) is 9.78. The summed E-state index contributed by atoms with van der Waals surface area (Å²) in [6, 6.07) is 2.01. The zero-order valence-electron chi connectivity index (χ0n) is 18.1. The van der Waals surface area contributed by atoms with Gasteiger partial charge < -0.3 is 15.0 Å². The van der Waals surface area contributed by atoms with E-state index in [1.54, 1.807) is 0 Å². The van der Waals surface area contributed by atoms with E-state index in [0.29, 0.717) is 18.8 Å². The summed E-state index contributed by atoms with van der Waals surface area (Å²) in [5.74, 6) is -1.45. The molecule has 1 saturated heterocycles. The first-order valence-corrected chi connectivity index (χ1v) is 12.0. The molecule has 0 atom stereocenters. The molecule has 2 fully saturated rings. The van der Waals surface area contributed by atoms with Gasteiger partial charge >= 0.3 is 12.1 Å².